The zero-order valence-electron chi connectivity index (χ0n) is 13.8. The number of nitrogens with one attached hydrogen (secondary N) is 1. The van der Waals surface area contributed by atoms with Crippen LogP contribution in [-0.4, -0.2) is 30.9 Å². The van der Waals surface area contributed by atoms with E-state index in [1.165, 1.54) is 16.1 Å². The maximum absolute atomic E-state index is 12.5. The van der Waals surface area contributed by atoms with E-state index in [1.54, 1.807) is 13.1 Å². The normalized spacial score (nSPS) is 10.7. The Kier molecular flexibility index (Phi) is 4.24. The lowest BCUT2D eigenvalue weighted by atomic mass is 10.3. The number of anilines is 1. The van der Waals surface area contributed by atoms with E-state index in [9.17, 15) is 4.79 Å². The predicted octanol–water partition coefficient (Wildman–Crippen LogP) is 3.35. The molecule has 0 atom stereocenters. The summed E-state index contributed by atoms with van der Waals surface area (Å²) in [6.07, 6.45) is 1.71. The molecule has 0 saturated heterocycles. The van der Waals surface area contributed by atoms with Gasteiger partial charge in [0, 0.05) is 11.6 Å². The summed E-state index contributed by atoms with van der Waals surface area (Å²) in [4.78, 5) is 22.7. The first-order chi connectivity index (χ1) is 12.7. The van der Waals surface area contributed by atoms with Crippen molar-refractivity contribution in [1.29, 1.82) is 0 Å². The summed E-state index contributed by atoms with van der Waals surface area (Å²) in [7, 11) is 0. The number of hydrogen-bond donors (Lipinski definition) is 1. The number of aryl methyl sites for hydroxylation is 1. The minimum atomic E-state index is -0.341. The molecular weight excluding hydrogens is 348 g/mol. The first-order valence-corrected chi connectivity index (χ1v) is 8.76. The van der Waals surface area contributed by atoms with Crippen molar-refractivity contribution in [3.63, 3.8) is 0 Å². The van der Waals surface area contributed by atoms with Crippen LogP contribution in [0, 0.1) is 6.92 Å². The van der Waals surface area contributed by atoms with E-state index in [-0.39, 0.29) is 11.6 Å². The van der Waals surface area contributed by atoms with Crippen LogP contribution < -0.4 is 5.32 Å². The quantitative estimate of drug-likeness (QED) is 0.602. The number of pyridine rings is 1. The van der Waals surface area contributed by atoms with Crippen molar-refractivity contribution < 1.29 is 4.79 Å². The number of hydrogen-bond acceptors (Lipinski definition) is 6. The Balaban J connectivity index is 1.54. The van der Waals surface area contributed by atoms with Crippen LogP contribution in [0.25, 0.3) is 17.1 Å². The third kappa shape index (κ3) is 3.22. The van der Waals surface area contributed by atoms with Crippen molar-refractivity contribution in [2.24, 2.45) is 0 Å². The molecule has 3 heterocycles. The fourth-order valence-corrected chi connectivity index (χ4v) is 3.08. The van der Waals surface area contributed by atoms with Gasteiger partial charge in [-0.05, 0) is 31.2 Å². The van der Waals surface area contributed by atoms with Gasteiger partial charge in [0.25, 0.3) is 5.91 Å². The summed E-state index contributed by atoms with van der Waals surface area (Å²) in [6, 6.07) is 15.1. The molecule has 0 radical (unpaired) electrons. The third-order valence-corrected chi connectivity index (χ3v) is 4.39. The molecule has 1 amide bonds. The van der Waals surface area contributed by atoms with Gasteiger partial charge in [0.05, 0.1) is 17.1 Å². The topological polar surface area (TPSA) is 85.6 Å². The molecule has 3 aromatic heterocycles. The Bertz CT molecular complexity index is 1040. The number of amides is 1. The van der Waals surface area contributed by atoms with Crippen molar-refractivity contribution in [1.82, 2.24) is 25.0 Å². The lowest BCUT2D eigenvalue weighted by Gasteiger charge is -1.99. The van der Waals surface area contributed by atoms with E-state index in [4.69, 9.17) is 0 Å². The minimum absolute atomic E-state index is 0.267. The second kappa shape index (κ2) is 6.85. The van der Waals surface area contributed by atoms with E-state index >= 15 is 0 Å². The van der Waals surface area contributed by atoms with Crippen LogP contribution in [-0.2, 0) is 0 Å². The van der Waals surface area contributed by atoms with Crippen LogP contribution in [0.15, 0.2) is 60.1 Å². The highest BCUT2D eigenvalue weighted by Crippen LogP contribution is 2.23. The summed E-state index contributed by atoms with van der Waals surface area (Å²) in [5, 5.41) is 13.7. The number of para-hydroxylation sites is 1. The lowest BCUT2D eigenvalue weighted by Crippen LogP contribution is -2.14. The van der Waals surface area contributed by atoms with Gasteiger partial charge in [-0.3, -0.25) is 15.1 Å². The number of benzene rings is 1. The molecule has 4 aromatic rings. The molecule has 1 N–H and O–H groups in total. The van der Waals surface area contributed by atoms with E-state index in [0.717, 1.165) is 17.1 Å². The lowest BCUT2D eigenvalue weighted by molar-refractivity contribution is 0.102. The molecule has 1 aromatic carbocycles. The number of aromatic nitrogens is 5. The van der Waals surface area contributed by atoms with Gasteiger partial charge in [0.1, 0.15) is 5.69 Å². The Morgan fingerprint density at radius 3 is 2.62 bits per heavy atom. The van der Waals surface area contributed by atoms with Gasteiger partial charge >= 0.3 is 0 Å². The highest BCUT2D eigenvalue weighted by atomic mass is 32.1. The van der Waals surface area contributed by atoms with Gasteiger partial charge in [-0.25, -0.2) is 4.98 Å². The average molecular weight is 362 g/mol. The molecule has 0 unspecified atom stereocenters. The summed E-state index contributed by atoms with van der Waals surface area (Å²) < 4.78 is 0. The predicted molar refractivity (Wildman–Crippen MR) is 99.4 cm³/mol. The number of rotatable bonds is 4. The molecule has 8 heteroatoms. The SMILES string of the molecule is Cc1nn(-c2ccccc2)nc1C(=O)Nc1nc(-c2ccccn2)cs1. The molecule has 128 valence electrons. The van der Waals surface area contributed by atoms with E-state index in [2.05, 4.69) is 25.5 Å². The van der Waals surface area contributed by atoms with Gasteiger partial charge in [-0.1, -0.05) is 24.3 Å². The van der Waals surface area contributed by atoms with Crippen LogP contribution in [0.5, 0.6) is 0 Å². The Hall–Kier alpha value is -3.39. The molecule has 0 fully saturated rings. The smallest absolute Gasteiger partial charge is 0.279 e. The van der Waals surface area contributed by atoms with Crippen molar-refractivity contribution in [3.05, 3.63) is 71.5 Å². The maximum atomic E-state index is 12.5. The van der Waals surface area contributed by atoms with Gasteiger partial charge in [0.2, 0.25) is 0 Å². The Labute approximate surface area is 153 Å². The van der Waals surface area contributed by atoms with Crippen LogP contribution in [0.1, 0.15) is 16.2 Å². The van der Waals surface area contributed by atoms with Gasteiger partial charge in [0.15, 0.2) is 10.8 Å². The molecule has 0 aliphatic carbocycles. The maximum Gasteiger partial charge on any atom is 0.279 e. The second-order valence-electron chi connectivity index (χ2n) is 5.47. The third-order valence-electron chi connectivity index (χ3n) is 3.64. The van der Waals surface area contributed by atoms with Crippen LogP contribution in [0.2, 0.25) is 0 Å². The monoisotopic (exact) mass is 362 g/mol. The Morgan fingerprint density at radius 1 is 1.04 bits per heavy atom. The highest BCUT2D eigenvalue weighted by molar-refractivity contribution is 7.14. The van der Waals surface area contributed by atoms with Crippen molar-refractivity contribution in [2.45, 2.75) is 6.92 Å². The van der Waals surface area contributed by atoms with E-state index in [0.29, 0.717) is 10.8 Å². The zero-order valence-corrected chi connectivity index (χ0v) is 14.6. The molecule has 4 rings (SSSR count). The second-order valence-corrected chi connectivity index (χ2v) is 6.32. The average Bonchev–Trinajstić information content (AvgIpc) is 3.30. The van der Waals surface area contributed by atoms with Crippen molar-refractivity contribution in [3.8, 4) is 17.1 Å². The first kappa shape index (κ1) is 16.1. The Morgan fingerprint density at radius 2 is 1.85 bits per heavy atom. The standard InChI is InChI=1S/C18H14N6OS/c1-12-16(23-24(22-12)13-7-3-2-4-8-13)17(25)21-18-20-15(11-26-18)14-9-5-6-10-19-14/h2-11H,1H3,(H,20,21,25). The number of carbonyl (C=O) groups excluding carboxylic acids is 1. The van der Waals surface area contributed by atoms with Gasteiger partial charge < -0.3 is 0 Å². The summed E-state index contributed by atoms with van der Waals surface area (Å²) >= 11 is 1.34. The van der Waals surface area contributed by atoms with Gasteiger partial charge in [-0.2, -0.15) is 9.90 Å². The fourth-order valence-electron chi connectivity index (χ4n) is 2.38. The molecule has 0 aliphatic rings. The molecule has 0 saturated carbocycles. The number of nitrogens with zero attached hydrogens (tertiary/aromatic N) is 5. The molecule has 0 aliphatic heterocycles. The van der Waals surface area contributed by atoms with E-state index < -0.39 is 0 Å². The van der Waals surface area contributed by atoms with Crippen LogP contribution in [0.4, 0.5) is 5.13 Å². The van der Waals surface area contributed by atoms with Crippen molar-refractivity contribution in [2.75, 3.05) is 5.32 Å². The molecule has 0 spiro atoms. The largest absolute Gasteiger partial charge is 0.296 e. The summed E-state index contributed by atoms with van der Waals surface area (Å²) in [5.41, 5.74) is 3.09. The first-order valence-electron chi connectivity index (χ1n) is 7.88. The van der Waals surface area contributed by atoms with Crippen molar-refractivity contribution >= 4 is 22.4 Å². The summed E-state index contributed by atoms with van der Waals surface area (Å²) in [6.45, 7) is 1.75. The van der Waals surface area contributed by atoms with Crippen LogP contribution >= 0.6 is 11.3 Å². The van der Waals surface area contributed by atoms with Crippen LogP contribution in [0.3, 0.4) is 0 Å². The highest BCUT2D eigenvalue weighted by Gasteiger charge is 2.18. The number of thiazole rings is 1. The number of carbonyl (C=O) groups is 1. The molecular formula is C18H14N6OS. The summed E-state index contributed by atoms with van der Waals surface area (Å²) in [5.74, 6) is -0.341. The molecule has 0 bridgehead atoms. The fraction of sp³-hybridized carbons (Fsp3) is 0.0556. The molecule has 26 heavy (non-hydrogen) atoms. The molecule has 7 nitrogen and oxygen atoms in total. The minimum Gasteiger partial charge on any atom is -0.296 e. The zero-order chi connectivity index (χ0) is 17.9. The van der Waals surface area contributed by atoms with E-state index in [1.807, 2.05) is 53.9 Å². The van der Waals surface area contributed by atoms with Gasteiger partial charge in [-0.15, -0.1) is 16.4 Å².